The molecule has 5 heteroatoms. The van der Waals surface area contributed by atoms with Crippen LogP contribution in [-0.4, -0.2) is 21.7 Å². The van der Waals surface area contributed by atoms with Gasteiger partial charge in [-0.05, 0) is 44.5 Å². The third kappa shape index (κ3) is 3.99. The van der Waals surface area contributed by atoms with Crippen molar-refractivity contribution >= 4 is 22.7 Å². The molecule has 0 spiro atoms. The number of amides is 1. The van der Waals surface area contributed by atoms with Gasteiger partial charge in [-0.3, -0.25) is 9.59 Å². The van der Waals surface area contributed by atoms with Crippen molar-refractivity contribution < 1.29 is 9.59 Å². The molecule has 0 unspecified atom stereocenters. The number of aromatic amines is 1. The van der Waals surface area contributed by atoms with Crippen molar-refractivity contribution in [3.8, 4) is 0 Å². The number of hydrogen-bond donors (Lipinski definition) is 2. The summed E-state index contributed by atoms with van der Waals surface area (Å²) in [6.07, 6.45) is 0.361. The first kappa shape index (κ1) is 17.9. The van der Waals surface area contributed by atoms with E-state index in [-0.39, 0.29) is 30.6 Å². The number of carbonyl (C=O) groups excluding carboxylic acids is 2. The number of nitrogens with one attached hydrogen (secondary N) is 2. The summed E-state index contributed by atoms with van der Waals surface area (Å²) < 4.78 is 0. The van der Waals surface area contributed by atoms with E-state index >= 15 is 0 Å². The van der Waals surface area contributed by atoms with E-state index in [0.29, 0.717) is 11.4 Å². The van der Waals surface area contributed by atoms with Gasteiger partial charge in [0, 0.05) is 18.4 Å². The second-order valence-corrected chi connectivity index (χ2v) is 6.67. The highest BCUT2D eigenvalue weighted by Crippen LogP contribution is 2.17. The lowest BCUT2D eigenvalue weighted by molar-refractivity contribution is -0.121. The molecule has 1 amide bonds. The first-order chi connectivity index (χ1) is 12.4. The third-order valence-electron chi connectivity index (χ3n) is 4.47. The lowest BCUT2D eigenvalue weighted by atomic mass is 9.99. The maximum Gasteiger partial charge on any atom is 0.221 e. The molecule has 0 aliphatic carbocycles. The van der Waals surface area contributed by atoms with E-state index in [4.69, 9.17) is 0 Å². The molecular weight excluding hydrogens is 326 g/mol. The fourth-order valence-corrected chi connectivity index (χ4v) is 2.96. The second-order valence-electron chi connectivity index (χ2n) is 6.67. The number of Topliss-reactive ketones (excluding diaryl/α,β-unsaturated/α-hetero) is 1. The number of nitrogens with zero attached hydrogens (tertiary/aromatic N) is 1. The molecule has 3 rings (SSSR count). The predicted molar refractivity (Wildman–Crippen MR) is 102 cm³/mol. The number of hydrogen-bond acceptors (Lipinski definition) is 3. The molecule has 0 aliphatic rings. The topological polar surface area (TPSA) is 74.8 Å². The predicted octanol–water partition coefficient (Wildman–Crippen LogP) is 4.02. The molecule has 1 aromatic heterocycles. The van der Waals surface area contributed by atoms with E-state index in [0.717, 1.165) is 22.2 Å². The fourth-order valence-electron chi connectivity index (χ4n) is 2.96. The number of carbonyl (C=O) groups is 2. The molecule has 5 nitrogen and oxygen atoms in total. The summed E-state index contributed by atoms with van der Waals surface area (Å²) in [6.45, 7) is 5.75. The fraction of sp³-hybridized carbons (Fsp3) is 0.286. The molecule has 0 bridgehead atoms. The van der Waals surface area contributed by atoms with Crippen LogP contribution in [0.15, 0.2) is 42.5 Å². The van der Waals surface area contributed by atoms with Crippen LogP contribution in [0.25, 0.3) is 11.0 Å². The second kappa shape index (κ2) is 7.52. The number of para-hydroxylation sites is 2. The summed E-state index contributed by atoms with van der Waals surface area (Å²) in [7, 11) is 0. The van der Waals surface area contributed by atoms with E-state index in [1.807, 2.05) is 63.2 Å². The third-order valence-corrected chi connectivity index (χ3v) is 4.47. The minimum absolute atomic E-state index is 0.00209. The van der Waals surface area contributed by atoms with Crippen LogP contribution >= 0.6 is 0 Å². The Morgan fingerprint density at radius 1 is 1.12 bits per heavy atom. The summed E-state index contributed by atoms with van der Waals surface area (Å²) in [5.41, 5.74) is 4.49. The van der Waals surface area contributed by atoms with Crippen LogP contribution < -0.4 is 5.32 Å². The van der Waals surface area contributed by atoms with Crippen LogP contribution in [0.5, 0.6) is 0 Å². The zero-order valence-electron chi connectivity index (χ0n) is 15.3. The molecule has 0 saturated carbocycles. The highest BCUT2D eigenvalue weighted by molar-refractivity contribution is 5.99. The monoisotopic (exact) mass is 349 g/mol. The molecule has 0 saturated heterocycles. The van der Waals surface area contributed by atoms with Crippen LogP contribution in [0.1, 0.15) is 53.1 Å². The minimum atomic E-state index is -0.245. The minimum Gasteiger partial charge on any atom is -0.346 e. The van der Waals surface area contributed by atoms with E-state index in [9.17, 15) is 9.59 Å². The molecule has 1 atom stereocenters. The highest BCUT2D eigenvalue weighted by atomic mass is 16.2. The average molecular weight is 349 g/mol. The van der Waals surface area contributed by atoms with Gasteiger partial charge < -0.3 is 10.3 Å². The van der Waals surface area contributed by atoms with Crippen LogP contribution in [0.2, 0.25) is 0 Å². The van der Waals surface area contributed by atoms with E-state index in [2.05, 4.69) is 15.3 Å². The summed E-state index contributed by atoms with van der Waals surface area (Å²) in [5.74, 6) is 0.551. The van der Waals surface area contributed by atoms with E-state index in [1.165, 1.54) is 0 Å². The van der Waals surface area contributed by atoms with Gasteiger partial charge in [0.25, 0.3) is 0 Å². The highest BCUT2D eigenvalue weighted by Gasteiger charge is 2.16. The van der Waals surface area contributed by atoms with Crippen molar-refractivity contribution in [2.75, 3.05) is 0 Å². The summed E-state index contributed by atoms with van der Waals surface area (Å²) in [4.78, 5) is 32.3. The van der Waals surface area contributed by atoms with Gasteiger partial charge in [-0.2, -0.15) is 0 Å². The SMILES string of the molecule is Cc1ccc(C)c(C(=O)CCC(=O)N[C@H](C)c2nc3ccccc3[nH]2)c1. The van der Waals surface area contributed by atoms with Gasteiger partial charge in [0.05, 0.1) is 17.1 Å². The number of ketones is 1. The number of imidazole rings is 1. The molecule has 0 radical (unpaired) electrons. The van der Waals surface area contributed by atoms with Gasteiger partial charge in [-0.15, -0.1) is 0 Å². The Balaban J connectivity index is 1.58. The Kier molecular flexibility index (Phi) is 5.16. The maximum absolute atomic E-state index is 12.4. The maximum atomic E-state index is 12.4. The quantitative estimate of drug-likeness (QED) is 0.660. The Labute approximate surface area is 152 Å². The first-order valence-electron chi connectivity index (χ1n) is 8.78. The van der Waals surface area contributed by atoms with Crippen LogP contribution in [0.4, 0.5) is 0 Å². The van der Waals surface area contributed by atoms with Crippen LogP contribution in [0.3, 0.4) is 0 Å². The van der Waals surface area contributed by atoms with Gasteiger partial charge in [-0.1, -0.05) is 29.8 Å². The van der Waals surface area contributed by atoms with Crippen molar-refractivity contribution in [1.82, 2.24) is 15.3 Å². The van der Waals surface area contributed by atoms with Crippen molar-refractivity contribution in [3.63, 3.8) is 0 Å². The number of aromatic nitrogens is 2. The van der Waals surface area contributed by atoms with E-state index in [1.54, 1.807) is 0 Å². The molecule has 3 aromatic rings. The summed E-state index contributed by atoms with van der Waals surface area (Å²) in [5, 5.41) is 2.91. The molecule has 134 valence electrons. The lowest BCUT2D eigenvalue weighted by Gasteiger charge is -2.11. The summed E-state index contributed by atoms with van der Waals surface area (Å²) >= 11 is 0. The van der Waals surface area contributed by atoms with Crippen molar-refractivity contribution in [3.05, 3.63) is 65.0 Å². The first-order valence-corrected chi connectivity index (χ1v) is 8.78. The van der Waals surface area contributed by atoms with Crippen molar-refractivity contribution in [2.24, 2.45) is 0 Å². The van der Waals surface area contributed by atoms with E-state index < -0.39 is 0 Å². The van der Waals surface area contributed by atoms with Gasteiger partial charge >= 0.3 is 0 Å². The Morgan fingerprint density at radius 3 is 2.65 bits per heavy atom. The zero-order valence-corrected chi connectivity index (χ0v) is 15.3. The number of benzene rings is 2. The normalized spacial score (nSPS) is 12.1. The average Bonchev–Trinajstić information content (AvgIpc) is 3.06. The van der Waals surface area contributed by atoms with Gasteiger partial charge in [-0.25, -0.2) is 4.98 Å². The van der Waals surface area contributed by atoms with Crippen LogP contribution in [-0.2, 0) is 4.79 Å². The van der Waals surface area contributed by atoms with Gasteiger partial charge in [0.2, 0.25) is 5.91 Å². The number of rotatable bonds is 6. The molecule has 0 fully saturated rings. The Hall–Kier alpha value is -2.95. The Morgan fingerprint density at radius 2 is 1.88 bits per heavy atom. The van der Waals surface area contributed by atoms with Crippen molar-refractivity contribution in [2.45, 2.75) is 39.7 Å². The number of aryl methyl sites for hydroxylation is 2. The smallest absolute Gasteiger partial charge is 0.221 e. The molecule has 0 aliphatic heterocycles. The standard InChI is InChI=1S/C21H23N3O2/c1-13-8-9-14(2)16(12-13)19(25)10-11-20(26)22-15(3)21-23-17-6-4-5-7-18(17)24-21/h4-9,12,15H,10-11H2,1-3H3,(H,22,26)(H,23,24)/t15-/m1/s1. The number of fused-ring (bicyclic) bond motifs is 1. The summed E-state index contributed by atoms with van der Waals surface area (Å²) in [6, 6.07) is 13.3. The lowest BCUT2D eigenvalue weighted by Crippen LogP contribution is -2.27. The van der Waals surface area contributed by atoms with Gasteiger partial charge in [0.1, 0.15) is 5.82 Å². The number of H-pyrrole nitrogens is 1. The molecule has 2 N–H and O–H groups in total. The molecule has 1 heterocycles. The van der Waals surface area contributed by atoms with Crippen LogP contribution in [0, 0.1) is 13.8 Å². The molecule has 26 heavy (non-hydrogen) atoms. The Bertz CT molecular complexity index is 926. The van der Waals surface area contributed by atoms with Crippen molar-refractivity contribution in [1.29, 1.82) is 0 Å². The molecular formula is C21H23N3O2. The molecule has 2 aromatic carbocycles. The van der Waals surface area contributed by atoms with Gasteiger partial charge in [0.15, 0.2) is 5.78 Å². The zero-order chi connectivity index (χ0) is 18.7. The largest absolute Gasteiger partial charge is 0.346 e.